The number of ether oxygens (including phenoxy) is 1. The van der Waals surface area contributed by atoms with Gasteiger partial charge in [-0.15, -0.1) is 0 Å². The quantitative estimate of drug-likeness (QED) is 0.318. The number of anilines is 1. The summed E-state index contributed by atoms with van der Waals surface area (Å²) in [6.07, 6.45) is 1.26. The predicted molar refractivity (Wildman–Crippen MR) is 116 cm³/mol. The highest BCUT2D eigenvalue weighted by atomic mass is 35.5. The number of rotatable bonds is 6. The monoisotopic (exact) mass is 450 g/mol. The van der Waals surface area contributed by atoms with Crippen LogP contribution < -0.4 is 5.32 Å². The van der Waals surface area contributed by atoms with Gasteiger partial charge in [0.25, 0.3) is 5.91 Å². The highest BCUT2D eigenvalue weighted by Crippen LogP contribution is 2.27. The van der Waals surface area contributed by atoms with Crippen LogP contribution in [0.25, 0.3) is 17.4 Å². The first kappa shape index (κ1) is 22.3. The molecule has 1 amide bonds. The van der Waals surface area contributed by atoms with Crippen molar-refractivity contribution in [1.29, 1.82) is 5.26 Å². The number of carboxylic acid groups (broad SMARTS) is 1. The average molecular weight is 451 g/mol. The van der Waals surface area contributed by atoms with E-state index in [-0.39, 0.29) is 21.9 Å². The lowest BCUT2D eigenvalue weighted by Crippen LogP contribution is -2.13. The van der Waals surface area contributed by atoms with E-state index in [1.807, 2.05) is 6.07 Å². The second-order valence-corrected chi connectivity index (χ2v) is 6.80. The molecule has 0 aliphatic carbocycles. The van der Waals surface area contributed by atoms with Gasteiger partial charge < -0.3 is 19.6 Å². The molecule has 0 aliphatic heterocycles. The summed E-state index contributed by atoms with van der Waals surface area (Å²) >= 11 is 5.88. The first-order valence-corrected chi connectivity index (χ1v) is 9.44. The number of carbonyl (C=O) groups excluding carboxylic acids is 2. The molecule has 1 aromatic heterocycles. The van der Waals surface area contributed by atoms with Gasteiger partial charge in [0.15, 0.2) is 0 Å². The maximum Gasteiger partial charge on any atom is 0.337 e. The molecule has 0 saturated heterocycles. The number of nitriles is 1. The molecule has 2 aromatic carbocycles. The lowest BCUT2D eigenvalue weighted by Gasteiger charge is -2.05. The maximum atomic E-state index is 12.4. The van der Waals surface area contributed by atoms with Crippen molar-refractivity contribution in [3.63, 3.8) is 0 Å². The predicted octanol–water partition coefficient (Wildman–Crippen LogP) is 4.63. The first-order chi connectivity index (χ1) is 15.3. The second-order valence-electron chi connectivity index (χ2n) is 6.39. The smallest absolute Gasteiger partial charge is 0.337 e. The van der Waals surface area contributed by atoms with Gasteiger partial charge in [-0.1, -0.05) is 11.6 Å². The zero-order chi connectivity index (χ0) is 23.3. The third-order valence-electron chi connectivity index (χ3n) is 4.32. The molecule has 0 aliphatic rings. The fraction of sp³-hybridized carbons (Fsp3) is 0.0435. The summed E-state index contributed by atoms with van der Waals surface area (Å²) in [5.41, 5.74) is 0.877. The molecule has 0 atom stereocenters. The molecule has 0 fully saturated rings. The third-order valence-corrected chi connectivity index (χ3v) is 4.65. The van der Waals surface area contributed by atoms with Crippen molar-refractivity contribution >= 4 is 41.2 Å². The summed E-state index contributed by atoms with van der Waals surface area (Å²) in [5.74, 6) is -1.79. The second kappa shape index (κ2) is 9.64. The molecular formula is C23H15ClN2O6. The molecule has 3 aromatic rings. The molecule has 0 radical (unpaired) electrons. The van der Waals surface area contributed by atoms with Crippen LogP contribution in [-0.4, -0.2) is 30.1 Å². The average Bonchev–Trinajstić information content (AvgIpc) is 3.26. The van der Waals surface area contributed by atoms with Crippen LogP contribution in [0.4, 0.5) is 5.69 Å². The SMILES string of the molecule is COC(=O)c1ccc(NC(=O)/C(C#N)=C/c2ccc(-c3ccc(Cl)c(C(=O)O)c3)o2)cc1. The minimum Gasteiger partial charge on any atom is -0.478 e. The van der Waals surface area contributed by atoms with Crippen molar-refractivity contribution in [2.45, 2.75) is 0 Å². The van der Waals surface area contributed by atoms with E-state index in [0.29, 0.717) is 22.6 Å². The van der Waals surface area contributed by atoms with Gasteiger partial charge in [-0.25, -0.2) is 9.59 Å². The van der Waals surface area contributed by atoms with E-state index in [1.165, 1.54) is 49.6 Å². The molecule has 2 N–H and O–H groups in total. The Kier molecular flexibility index (Phi) is 6.73. The number of hydrogen-bond donors (Lipinski definition) is 2. The van der Waals surface area contributed by atoms with Crippen LogP contribution in [0, 0.1) is 11.3 Å². The zero-order valence-electron chi connectivity index (χ0n) is 16.6. The summed E-state index contributed by atoms with van der Waals surface area (Å²) < 4.78 is 10.2. The number of benzene rings is 2. The van der Waals surface area contributed by atoms with Crippen LogP contribution in [0.15, 0.2) is 64.6 Å². The van der Waals surface area contributed by atoms with Gasteiger partial charge in [0.05, 0.1) is 23.3 Å². The number of carbonyl (C=O) groups is 3. The molecule has 3 rings (SSSR count). The van der Waals surface area contributed by atoms with Crippen LogP contribution in [0.5, 0.6) is 0 Å². The lowest BCUT2D eigenvalue weighted by molar-refractivity contribution is -0.112. The van der Waals surface area contributed by atoms with Crippen molar-refractivity contribution in [2.24, 2.45) is 0 Å². The minimum absolute atomic E-state index is 0.0760. The van der Waals surface area contributed by atoms with E-state index in [9.17, 15) is 24.8 Å². The van der Waals surface area contributed by atoms with E-state index in [0.717, 1.165) is 0 Å². The van der Waals surface area contributed by atoms with E-state index in [2.05, 4.69) is 10.1 Å². The van der Waals surface area contributed by atoms with Crippen LogP contribution >= 0.6 is 11.6 Å². The summed E-state index contributed by atoms with van der Waals surface area (Å²) in [7, 11) is 1.26. The molecule has 9 heteroatoms. The molecule has 1 heterocycles. The highest BCUT2D eigenvalue weighted by molar-refractivity contribution is 6.33. The van der Waals surface area contributed by atoms with Crippen LogP contribution in [0.3, 0.4) is 0 Å². The van der Waals surface area contributed by atoms with Gasteiger partial charge in [-0.2, -0.15) is 5.26 Å². The number of furan rings is 1. The summed E-state index contributed by atoms with van der Waals surface area (Å²) in [6.45, 7) is 0. The Morgan fingerprint density at radius 3 is 2.47 bits per heavy atom. The van der Waals surface area contributed by atoms with Gasteiger partial charge >= 0.3 is 11.9 Å². The number of aromatic carboxylic acids is 1. The Labute approximate surface area is 187 Å². The summed E-state index contributed by atoms with van der Waals surface area (Å²) in [5, 5.41) is 21.2. The Morgan fingerprint density at radius 1 is 1.12 bits per heavy atom. The summed E-state index contributed by atoms with van der Waals surface area (Å²) in [6, 6.07) is 15.3. The molecule has 8 nitrogen and oxygen atoms in total. The standard InChI is InChI=1S/C23H15ClN2O6/c1-31-23(30)13-2-5-16(6-3-13)26-21(27)15(12-25)10-17-7-9-20(32-17)14-4-8-19(24)18(11-14)22(28)29/h2-11H,1H3,(H,26,27)(H,28,29)/b15-10+. The molecular weight excluding hydrogens is 436 g/mol. The number of amides is 1. The van der Waals surface area contributed by atoms with Gasteiger partial charge in [0.2, 0.25) is 0 Å². The molecule has 0 spiro atoms. The largest absolute Gasteiger partial charge is 0.478 e. The first-order valence-electron chi connectivity index (χ1n) is 9.07. The van der Waals surface area contributed by atoms with Crippen molar-refractivity contribution in [3.8, 4) is 17.4 Å². The van der Waals surface area contributed by atoms with E-state index < -0.39 is 17.8 Å². The topological polar surface area (TPSA) is 130 Å². The molecule has 32 heavy (non-hydrogen) atoms. The van der Waals surface area contributed by atoms with Gasteiger partial charge in [-0.05, 0) is 54.6 Å². The maximum absolute atomic E-state index is 12.4. The van der Waals surface area contributed by atoms with E-state index in [4.69, 9.17) is 16.0 Å². The van der Waals surface area contributed by atoms with E-state index >= 15 is 0 Å². The fourth-order valence-corrected chi connectivity index (χ4v) is 2.92. The zero-order valence-corrected chi connectivity index (χ0v) is 17.3. The van der Waals surface area contributed by atoms with Crippen LogP contribution in [-0.2, 0) is 9.53 Å². The van der Waals surface area contributed by atoms with Crippen molar-refractivity contribution < 1.29 is 28.6 Å². The third kappa shape index (κ3) is 5.03. The molecule has 160 valence electrons. The van der Waals surface area contributed by atoms with Crippen LogP contribution in [0.1, 0.15) is 26.5 Å². The van der Waals surface area contributed by atoms with E-state index in [1.54, 1.807) is 18.2 Å². The number of nitrogens with zero attached hydrogens (tertiary/aromatic N) is 1. The number of methoxy groups -OCH3 is 1. The fourth-order valence-electron chi connectivity index (χ4n) is 2.72. The number of hydrogen-bond acceptors (Lipinski definition) is 6. The normalized spacial score (nSPS) is 10.8. The minimum atomic E-state index is -1.17. The van der Waals surface area contributed by atoms with Gasteiger partial charge in [0.1, 0.15) is 23.2 Å². The highest BCUT2D eigenvalue weighted by Gasteiger charge is 2.14. The Hall–Kier alpha value is -4.35. The lowest BCUT2D eigenvalue weighted by atomic mass is 10.1. The molecule has 0 bridgehead atoms. The van der Waals surface area contributed by atoms with Gasteiger partial charge in [-0.3, -0.25) is 4.79 Å². The number of esters is 1. The molecule has 0 unspecified atom stereocenters. The van der Waals surface area contributed by atoms with Crippen molar-refractivity contribution in [2.75, 3.05) is 12.4 Å². The van der Waals surface area contributed by atoms with Crippen LogP contribution in [0.2, 0.25) is 5.02 Å². The molecule has 0 saturated carbocycles. The Balaban J connectivity index is 1.78. The van der Waals surface area contributed by atoms with Crippen molar-refractivity contribution in [1.82, 2.24) is 0 Å². The number of nitrogens with one attached hydrogen (secondary N) is 1. The number of carboxylic acids is 1. The Morgan fingerprint density at radius 2 is 1.84 bits per heavy atom. The van der Waals surface area contributed by atoms with Gasteiger partial charge in [0, 0.05) is 17.3 Å². The number of halogens is 1. The van der Waals surface area contributed by atoms with Crippen molar-refractivity contribution in [3.05, 3.63) is 82.1 Å². The summed E-state index contributed by atoms with van der Waals surface area (Å²) in [4.78, 5) is 35.2. The Bertz CT molecular complexity index is 1270.